The number of aryl methyl sites for hydroxylation is 2. The summed E-state index contributed by atoms with van der Waals surface area (Å²) in [4.78, 5) is 24.7. The molecule has 2 N–H and O–H groups in total. The number of piperidine rings is 1. The number of anilines is 1. The third-order valence-corrected chi connectivity index (χ3v) is 8.56. The molecule has 5 rings (SSSR count). The smallest absolute Gasteiger partial charge is 0.272 e. The summed E-state index contributed by atoms with van der Waals surface area (Å²) in [5.74, 6) is 1.30. The first-order chi connectivity index (χ1) is 19.4. The van der Waals surface area contributed by atoms with E-state index in [0.29, 0.717) is 49.8 Å². The van der Waals surface area contributed by atoms with E-state index >= 15 is 0 Å². The molecular formula is C31H45N5O4. The Hall–Kier alpha value is -2.59. The molecule has 1 aromatic heterocycles. The van der Waals surface area contributed by atoms with Gasteiger partial charge in [-0.2, -0.15) is 0 Å². The lowest BCUT2D eigenvalue weighted by Gasteiger charge is -2.38. The van der Waals surface area contributed by atoms with Gasteiger partial charge in [-0.05, 0) is 64.9 Å². The summed E-state index contributed by atoms with van der Waals surface area (Å²) in [5, 5.41) is 7.25. The minimum absolute atomic E-state index is 0.0150. The average molecular weight is 552 g/mol. The van der Waals surface area contributed by atoms with Gasteiger partial charge in [0.25, 0.3) is 5.91 Å². The van der Waals surface area contributed by atoms with E-state index in [1.54, 1.807) is 7.11 Å². The molecule has 9 nitrogen and oxygen atoms in total. The predicted octanol–water partition coefficient (Wildman–Crippen LogP) is 4.12. The van der Waals surface area contributed by atoms with E-state index < -0.39 is 0 Å². The van der Waals surface area contributed by atoms with Crippen LogP contribution in [-0.2, 0) is 14.2 Å². The molecule has 4 atom stereocenters. The van der Waals surface area contributed by atoms with Crippen molar-refractivity contribution in [1.29, 1.82) is 0 Å². The van der Waals surface area contributed by atoms with Crippen LogP contribution < -0.4 is 10.6 Å². The van der Waals surface area contributed by atoms with E-state index in [0.717, 1.165) is 56.5 Å². The van der Waals surface area contributed by atoms with E-state index in [1.807, 2.05) is 18.7 Å². The van der Waals surface area contributed by atoms with Crippen LogP contribution in [0.2, 0.25) is 0 Å². The number of amides is 1. The summed E-state index contributed by atoms with van der Waals surface area (Å²) in [5.41, 5.74) is 3.79. The lowest BCUT2D eigenvalue weighted by molar-refractivity contribution is -0.0533. The maximum atomic E-state index is 13.6. The van der Waals surface area contributed by atoms with Crippen LogP contribution >= 0.6 is 0 Å². The third-order valence-electron chi connectivity index (χ3n) is 8.56. The monoisotopic (exact) mass is 551 g/mol. The van der Waals surface area contributed by atoms with Crippen molar-refractivity contribution in [2.45, 2.75) is 89.7 Å². The molecule has 3 saturated heterocycles. The van der Waals surface area contributed by atoms with Gasteiger partial charge < -0.3 is 29.7 Å². The summed E-state index contributed by atoms with van der Waals surface area (Å²) in [6, 6.07) is 9.26. The molecule has 3 aliphatic heterocycles. The highest BCUT2D eigenvalue weighted by atomic mass is 16.5. The van der Waals surface area contributed by atoms with Crippen molar-refractivity contribution in [1.82, 2.24) is 20.2 Å². The highest BCUT2D eigenvalue weighted by Crippen LogP contribution is 2.32. The first-order valence-corrected chi connectivity index (χ1v) is 14.9. The second kappa shape index (κ2) is 13.4. The highest BCUT2D eigenvalue weighted by Gasteiger charge is 2.31. The zero-order chi connectivity index (χ0) is 28.1. The van der Waals surface area contributed by atoms with Gasteiger partial charge in [-0.1, -0.05) is 29.8 Å². The Morgan fingerprint density at radius 2 is 1.93 bits per heavy atom. The fourth-order valence-corrected chi connectivity index (χ4v) is 6.22. The molecule has 3 fully saturated rings. The van der Waals surface area contributed by atoms with Crippen molar-refractivity contribution in [3.8, 4) is 0 Å². The number of hydrogen-bond acceptors (Lipinski definition) is 8. The molecule has 0 bridgehead atoms. The van der Waals surface area contributed by atoms with Gasteiger partial charge in [-0.15, -0.1) is 0 Å². The zero-order valence-corrected chi connectivity index (χ0v) is 24.4. The van der Waals surface area contributed by atoms with E-state index in [4.69, 9.17) is 14.2 Å². The van der Waals surface area contributed by atoms with Crippen LogP contribution in [0.25, 0.3) is 0 Å². The summed E-state index contributed by atoms with van der Waals surface area (Å²) < 4.78 is 17.6. The third kappa shape index (κ3) is 7.00. The maximum Gasteiger partial charge on any atom is 0.272 e. The van der Waals surface area contributed by atoms with Gasteiger partial charge in [0.2, 0.25) is 0 Å². The van der Waals surface area contributed by atoms with Crippen LogP contribution in [0.15, 0.2) is 24.3 Å². The van der Waals surface area contributed by atoms with Crippen LogP contribution in [0, 0.1) is 20.8 Å². The Morgan fingerprint density at radius 1 is 1.10 bits per heavy atom. The van der Waals surface area contributed by atoms with Crippen LogP contribution in [0.1, 0.15) is 77.6 Å². The van der Waals surface area contributed by atoms with E-state index in [9.17, 15) is 4.79 Å². The van der Waals surface area contributed by atoms with Crippen LogP contribution in [-0.4, -0.2) is 85.0 Å². The number of hydrogen-bond donors (Lipinski definition) is 2. The molecule has 0 radical (unpaired) electrons. The van der Waals surface area contributed by atoms with Gasteiger partial charge in [-0.3, -0.25) is 4.79 Å². The molecule has 2 aromatic rings. The number of benzene rings is 1. The normalized spacial score (nSPS) is 26.1. The Morgan fingerprint density at radius 3 is 2.70 bits per heavy atom. The largest absolute Gasteiger partial charge is 0.379 e. The van der Waals surface area contributed by atoms with Gasteiger partial charge in [0.1, 0.15) is 17.3 Å². The second-order valence-electron chi connectivity index (χ2n) is 11.5. The number of aromatic nitrogens is 2. The van der Waals surface area contributed by atoms with Gasteiger partial charge >= 0.3 is 0 Å². The summed E-state index contributed by atoms with van der Waals surface area (Å²) >= 11 is 0. The molecule has 40 heavy (non-hydrogen) atoms. The molecular weight excluding hydrogens is 506 g/mol. The molecule has 1 aromatic carbocycles. The Labute approximate surface area is 238 Å². The summed E-state index contributed by atoms with van der Waals surface area (Å²) in [6.45, 7) is 9.37. The minimum Gasteiger partial charge on any atom is -0.379 e. The van der Waals surface area contributed by atoms with Crippen LogP contribution in [0.3, 0.4) is 0 Å². The molecule has 218 valence electrons. The van der Waals surface area contributed by atoms with Gasteiger partial charge in [0, 0.05) is 51.0 Å². The fourth-order valence-electron chi connectivity index (χ4n) is 6.22. The van der Waals surface area contributed by atoms with E-state index in [-0.39, 0.29) is 24.2 Å². The van der Waals surface area contributed by atoms with Gasteiger partial charge in [0.15, 0.2) is 0 Å². The predicted molar refractivity (Wildman–Crippen MR) is 155 cm³/mol. The second-order valence-corrected chi connectivity index (χ2v) is 11.5. The first kappa shape index (κ1) is 28.9. The Bertz CT molecular complexity index is 1150. The van der Waals surface area contributed by atoms with E-state index in [1.165, 1.54) is 11.1 Å². The molecule has 9 heteroatoms. The lowest BCUT2D eigenvalue weighted by Crippen LogP contribution is -2.54. The molecule has 1 amide bonds. The van der Waals surface area contributed by atoms with Crippen LogP contribution in [0.4, 0.5) is 5.82 Å². The zero-order valence-electron chi connectivity index (χ0n) is 24.4. The summed E-state index contributed by atoms with van der Waals surface area (Å²) in [7, 11) is 1.74. The maximum absolute atomic E-state index is 13.6. The summed E-state index contributed by atoms with van der Waals surface area (Å²) in [6.07, 6.45) is 6.24. The molecule has 0 spiro atoms. The van der Waals surface area contributed by atoms with Gasteiger partial charge in [0.05, 0.1) is 24.9 Å². The van der Waals surface area contributed by atoms with Gasteiger partial charge in [-0.25, -0.2) is 9.97 Å². The quantitative estimate of drug-likeness (QED) is 0.506. The Kier molecular flexibility index (Phi) is 9.68. The number of nitrogens with one attached hydrogen (secondary N) is 2. The Balaban J connectivity index is 1.17. The average Bonchev–Trinajstić information content (AvgIpc) is 2.98. The van der Waals surface area contributed by atoms with Crippen molar-refractivity contribution < 1.29 is 19.0 Å². The number of ether oxygens (including phenoxy) is 3. The fraction of sp³-hybridized carbons (Fsp3) is 0.645. The molecule has 4 heterocycles. The van der Waals surface area contributed by atoms with Crippen molar-refractivity contribution in [3.05, 3.63) is 52.5 Å². The SMILES string of the molecule is COC1COCCC1NC1CCN(C(=O)c2nc(C)nc(NCC3CCCC(c4cccc(C)c4)O3)c2C)CC1. The minimum atomic E-state index is -0.0150. The van der Waals surface area contributed by atoms with Crippen molar-refractivity contribution in [2.24, 2.45) is 0 Å². The highest BCUT2D eigenvalue weighted by molar-refractivity contribution is 5.94. The van der Waals surface area contributed by atoms with Crippen LogP contribution in [0.5, 0.6) is 0 Å². The molecule has 3 aliphatic rings. The standard InChI is InChI=1S/C31H45N5O4/c1-20-7-5-8-23(17-20)27-10-6-9-25(40-27)18-32-30-21(2)29(33-22(3)34-30)31(37)36-14-11-24(12-15-36)35-26-13-16-39-19-28(26)38-4/h5,7-8,17,24-28,35H,6,9-16,18-19H2,1-4H3,(H,32,33,34). The number of carbonyl (C=O) groups excluding carboxylic acids is 1. The number of rotatable bonds is 8. The lowest BCUT2D eigenvalue weighted by atomic mass is 9.97. The molecule has 0 aliphatic carbocycles. The number of likely N-dealkylation sites (tertiary alicyclic amines) is 1. The first-order valence-electron chi connectivity index (χ1n) is 14.9. The van der Waals surface area contributed by atoms with Crippen molar-refractivity contribution in [2.75, 3.05) is 45.3 Å². The number of nitrogens with zero attached hydrogens (tertiary/aromatic N) is 3. The molecule has 4 unspecified atom stereocenters. The number of carbonyl (C=O) groups is 1. The van der Waals surface area contributed by atoms with Crippen molar-refractivity contribution in [3.63, 3.8) is 0 Å². The number of methoxy groups -OCH3 is 1. The van der Waals surface area contributed by atoms with E-state index in [2.05, 4.69) is 51.8 Å². The molecule has 0 saturated carbocycles. The topological polar surface area (TPSA) is 97.8 Å². The van der Waals surface area contributed by atoms with Crippen molar-refractivity contribution >= 4 is 11.7 Å².